The first kappa shape index (κ1) is 24.8. The average molecular weight is 506 g/mol. The molecule has 2 atom stereocenters. The van der Waals surface area contributed by atoms with Crippen LogP contribution in [-0.4, -0.2) is 76.1 Å². The van der Waals surface area contributed by atoms with Crippen LogP contribution in [0.15, 0.2) is 29.3 Å². The van der Waals surface area contributed by atoms with Crippen LogP contribution in [0.2, 0.25) is 0 Å². The number of guanidine groups is 1. The summed E-state index contributed by atoms with van der Waals surface area (Å²) in [5.41, 5.74) is 0. The minimum atomic E-state index is 0. The summed E-state index contributed by atoms with van der Waals surface area (Å²) in [4.78, 5) is 7.15. The minimum absolute atomic E-state index is 0. The van der Waals surface area contributed by atoms with E-state index in [-0.39, 0.29) is 30.1 Å². The Balaban J connectivity index is 0.00000392. The van der Waals surface area contributed by atoms with E-state index < -0.39 is 0 Å². The Hall–Kier alpha value is -1.26. The minimum Gasteiger partial charge on any atom is -0.497 e. The fourth-order valence-electron chi connectivity index (χ4n) is 2.87. The number of nitrogens with zero attached hydrogens (tertiary/aromatic N) is 2. The summed E-state index contributed by atoms with van der Waals surface area (Å²) in [5, 5.41) is 6.67. The van der Waals surface area contributed by atoms with Crippen LogP contribution in [0.5, 0.6) is 11.5 Å². The normalized spacial score (nSPS) is 17.2. The maximum absolute atomic E-state index is 5.94. The molecule has 2 rings (SSSR count). The molecule has 1 heterocycles. The standard InChI is InChI=1S/C20H34N4O3.HI/c1-5-21-20(22-14-16(2)24-10-12-26-13-11-24)23-15-17(3)27-19-8-6-18(25-4)7-9-19;/h6-9,16-17H,5,10-15H2,1-4H3,(H2,21,22,23);1H. The molecule has 28 heavy (non-hydrogen) atoms. The Morgan fingerprint density at radius 2 is 1.79 bits per heavy atom. The van der Waals surface area contributed by atoms with Gasteiger partial charge in [0.1, 0.15) is 17.6 Å². The van der Waals surface area contributed by atoms with Crippen molar-refractivity contribution in [3.63, 3.8) is 0 Å². The van der Waals surface area contributed by atoms with Crippen LogP contribution in [0.25, 0.3) is 0 Å². The van der Waals surface area contributed by atoms with E-state index in [9.17, 15) is 0 Å². The molecule has 0 radical (unpaired) electrons. The van der Waals surface area contributed by atoms with E-state index in [1.165, 1.54) is 0 Å². The Morgan fingerprint density at radius 3 is 2.39 bits per heavy atom. The van der Waals surface area contributed by atoms with E-state index in [1.54, 1.807) is 7.11 Å². The Kier molecular flexibility index (Phi) is 12.2. The van der Waals surface area contributed by atoms with E-state index in [0.29, 0.717) is 12.6 Å². The van der Waals surface area contributed by atoms with Gasteiger partial charge in [-0.05, 0) is 45.0 Å². The number of methoxy groups -OCH3 is 1. The number of hydrogen-bond donors (Lipinski definition) is 2. The number of ether oxygens (including phenoxy) is 3. The van der Waals surface area contributed by atoms with E-state index >= 15 is 0 Å². The van der Waals surface area contributed by atoms with Gasteiger partial charge in [0.2, 0.25) is 0 Å². The molecule has 1 aliphatic heterocycles. The summed E-state index contributed by atoms with van der Waals surface area (Å²) < 4.78 is 16.5. The predicted molar refractivity (Wildman–Crippen MR) is 124 cm³/mol. The Bertz CT molecular complexity index is 565. The predicted octanol–water partition coefficient (Wildman–Crippen LogP) is 2.36. The first-order chi connectivity index (χ1) is 13.1. The molecular weight excluding hydrogens is 471 g/mol. The summed E-state index contributed by atoms with van der Waals surface area (Å²) in [6.45, 7) is 12.2. The molecule has 2 unspecified atom stereocenters. The number of benzene rings is 1. The number of hydrogen-bond acceptors (Lipinski definition) is 5. The van der Waals surface area contributed by atoms with Crippen LogP contribution in [0.1, 0.15) is 20.8 Å². The number of halogens is 1. The van der Waals surface area contributed by atoms with Crippen molar-refractivity contribution in [2.24, 2.45) is 4.99 Å². The number of rotatable bonds is 9. The smallest absolute Gasteiger partial charge is 0.191 e. The quantitative estimate of drug-likeness (QED) is 0.305. The highest BCUT2D eigenvalue weighted by Crippen LogP contribution is 2.17. The second kappa shape index (κ2) is 13.8. The second-order valence-corrected chi connectivity index (χ2v) is 6.70. The lowest BCUT2D eigenvalue weighted by atomic mass is 10.2. The van der Waals surface area contributed by atoms with Crippen LogP contribution >= 0.6 is 24.0 Å². The average Bonchev–Trinajstić information content (AvgIpc) is 2.71. The maximum Gasteiger partial charge on any atom is 0.191 e. The fraction of sp³-hybridized carbons (Fsp3) is 0.650. The largest absolute Gasteiger partial charge is 0.497 e. The molecular formula is C20H35IN4O3. The summed E-state index contributed by atoms with van der Waals surface area (Å²) in [6.07, 6.45) is 0.0129. The van der Waals surface area contributed by atoms with Gasteiger partial charge in [0.25, 0.3) is 0 Å². The maximum atomic E-state index is 5.94. The number of aliphatic imine (C=N–C) groups is 1. The molecule has 7 nitrogen and oxygen atoms in total. The SMILES string of the molecule is CCNC(=NCC(C)N1CCOCC1)NCC(C)Oc1ccc(OC)cc1.I. The van der Waals surface area contributed by atoms with Gasteiger partial charge < -0.3 is 24.8 Å². The first-order valence-corrected chi connectivity index (χ1v) is 9.77. The van der Waals surface area contributed by atoms with Gasteiger partial charge in [-0.15, -0.1) is 24.0 Å². The van der Waals surface area contributed by atoms with E-state index in [1.807, 2.05) is 31.2 Å². The summed E-state index contributed by atoms with van der Waals surface area (Å²) >= 11 is 0. The zero-order chi connectivity index (χ0) is 19.5. The zero-order valence-electron chi connectivity index (χ0n) is 17.4. The van der Waals surface area contributed by atoms with Crippen molar-refractivity contribution in [2.45, 2.75) is 32.9 Å². The number of morpholine rings is 1. The third kappa shape index (κ3) is 8.83. The molecule has 1 fully saturated rings. The van der Waals surface area contributed by atoms with Crippen molar-refractivity contribution in [3.8, 4) is 11.5 Å². The Labute approximate surface area is 186 Å². The van der Waals surface area contributed by atoms with Crippen LogP contribution in [-0.2, 0) is 4.74 Å². The monoisotopic (exact) mass is 506 g/mol. The van der Waals surface area contributed by atoms with Gasteiger partial charge in [-0.2, -0.15) is 0 Å². The van der Waals surface area contributed by atoms with Crippen LogP contribution < -0.4 is 20.1 Å². The van der Waals surface area contributed by atoms with Crippen molar-refractivity contribution in [1.82, 2.24) is 15.5 Å². The van der Waals surface area contributed by atoms with Gasteiger partial charge in [0.05, 0.1) is 33.4 Å². The Morgan fingerprint density at radius 1 is 1.14 bits per heavy atom. The summed E-state index contributed by atoms with van der Waals surface area (Å²) in [5.74, 6) is 2.47. The lowest BCUT2D eigenvalue weighted by molar-refractivity contribution is 0.0220. The first-order valence-electron chi connectivity index (χ1n) is 9.77. The molecule has 0 spiro atoms. The molecule has 2 N–H and O–H groups in total. The van der Waals surface area contributed by atoms with Gasteiger partial charge in [-0.3, -0.25) is 9.89 Å². The van der Waals surface area contributed by atoms with Gasteiger partial charge in [0, 0.05) is 25.7 Å². The molecule has 160 valence electrons. The van der Waals surface area contributed by atoms with Crippen molar-refractivity contribution >= 4 is 29.9 Å². The van der Waals surface area contributed by atoms with Crippen LogP contribution in [0.3, 0.4) is 0 Å². The molecule has 0 aliphatic carbocycles. The molecule has 0 saturated carbocycles. The fourth-order valence-corrected chi connectivity index (χ4v) is 2.87. The summed E-state index contributed by atoms with van der Waals surface area (Å²) in [6, 6.07) is 8.02. The second-order valence-electron chi connectivity index (χ2n) is 6.70. The van der Waals surface area contributed by atoms with E-state index in [0.717, 1.165) is 56.9 Å². The molecule has 1 aromatic rings. The van der Waals surface area contributed by atoms with Crippen LogP contribution in [0.4, 0.5) is 0 Å². The lowest BCUT2D eigenvalue weighted by Crippen LogP contribution is -2.45. The highest BCUT2D eigenvalue weighted by molar-refractivity contribution is 14.0. The zero-order valence-corrected chi connectivity index (χ0v) is 19.8. The van der Waals surface area contributed by atoms with Crippen molar-refractivity contribution in [3.05, 3.63) is 24.3 Å². The third-order valence-corrected chi connectivity index (χ3v) is 4.48. The van der Waals surface area contributed by atoms with Gasteiger partial charge in [-0.1, -0.05) is 0 Å². The molecule has 1 aliphatic rings. The van der Waals surface area contributed by atoms with Gasteiger partial charge >= 0.3 is 0 Å². The van der Waals surface area contributed by atoms with Crippen molar-refractivity contribution in [2.75, 3.05) is 53.0 Å². The third-order valence-electron chi connectivity index (χ3n) is 4.48. The van der Waals surface area contributed by atoms with Crippen LogP contribution in [0, 0.1) is 0 Å². The topological polar surface area (TPSA) is 67.4 Å². The van der Waals surface area contributed by atoms with E-state index in [4.69, 9.17) is 19.2 Å². The lowest BCUT2D eigenvalue weighted by Gasteiger charge is -2.31. The van der Waals surface area contributed by atoms with Gasteiger partial charge in [-0.25, -0.2) is 0 Å². The van der Waals surface area contributed by atoms with Crippen molar-refractivity contribution in [1.29, 1.82) is 0 Å². The molecule has 0 aromatic heterocycles. The summed E-state index contributed by atoms with van der Waals surface area (Å²) in [7, 11) is 1.66. The highest BCUT2D eigenvalue weighted by atomic mass is 127. The van der Waals surface area contributed by atoms with E-state index in [2.05, 4.69) is 29.4 Å². The van der Waals surface area contributed by atoms with Crippen molar-refractivity contribution < 1.29 is 14.2 Å². The molecule has 0 amide bonds. The molecule has 1 saturated heterocycles. The molecule has 1 aromatic carbocycles. The molecule has 0 bridgehead atoms. The molecule has 8 heteroatoms. The highest BCUT2D eigenvalue weighted by Gasteiger charge is 2.16. The van der Waals surface area contributed by atoms with Gasteiger partial charge in [0.15, 0.2) is 5.96 Å². The number of nitrogens with one attached hydrogen (secondary N) is 2.